The molecule has 2 heteroatoms. The van der Waals surface area contributed by atoms with Crippen molar-refractivity contribution in [3.63, 3.8) is 0 Å². The van der Waals surface area contributed by atoms with Crippen molar-refractivity contribution in [3.8, 4) is 11.8 Å². The number of aliphatic hydroxyl groups is 1. The van der Waals surface area contributed by atoms with Gasteiger partial charge in [-0.2, -0.15) is 0 Å². The highest BCUT2D eigenvalue weighted by molar-refractivity contribution is 5.38. The van der Waals surface area contributed by atoms with E-state index in [1.54, 1.807) is 6.92 Å². The standard InChI is InChI=1S/C18H25NO/c1-14(20)18(19)17-10-6-9-16(13-17)12-11-15-7-4-2-3-5-8-15/h6,9-10,13-15,18,20H,2-5,7-8,19H2,1H3. The lowest BCUT2D eigenvalue weighted by Crippen LogP contribution is -2.23. The van der Waals surface area contributed by atoms with Gasteiger partial charge in [0, 0.05) is 11.5 Å². The van der Waals surface area contributed by atoms with Crippen LogP contribution in [-0.2, 0) is 0 Å². The summed E-state index contributed by atoms with van der Waals surface area (Å²) in [4.78, 5) is 0. The van der Waals surface area contributed by atoms with Crippen LogP contribution in [0.25, 0.3) is 0 Å². The van der Waals surface area contributed by atoms with Gasteiger partial charge in [0.25, 0.3) is 0 Å². The second-order valence-electron chi connectivity index (χ2n) is 5.85. The van der Waals surface area contributed by atoms with Crippen molar-refractivity contribution in [2.45, 2.75) is 57.6 Å². The molecule has 2 rings (SSSR count). The SMILES string of the molecule is CC(O)C(N)c1cccc(C#CC2CCCCCC2)c1. The molecule has 2 unspecified atom stereocenters. The van der Waals surface area contributed by atoms with Crippen LogP contribution < -0.4 is 5.73 Å². The molecule has 20 heavy (non-hydrogen) atoms. The second-order valence-corrected chi connectivity index (χ2v) is 5.85. The third kappa shape index (κ3) is 4.37. The lowest BCUT2D eigenvalue weighted by Gasteiger charge is -2.15. The molecule has 1 saturated carbocycles. The fourth-order valence-corrected chi connectivity index (χ4v) is 2.71. The summed E-state index contributed by atoms with van der Waals surface area (Å²) in [5, 5.41) is 9.57. The molecule has 0 spiro atoms. The predicted molar refractivity (Wildman–Crippen MR) is 83.1 cm³/mol. The van der Waals surface area contributed by atoms with Crippen molar-refractivity contribution in [1.29, 1.82) is 0 Å². The van der Waals surface area contributed by atoms with Gasteiger partial charge in [0.1, 0.15) is 0 Å². The predicted octanol–water partition coefficient (Wildman–Crippen LogP) is 3.39. The summed E-state index contributed by atoms with van der Waals surface area (Å²) in [5.74, 6) is 7.26. The molecule has 3 N–H and O–H groups in total. The lowest BCUT2D eigenvalue weighted by molar-refractivity contribution is 0.164. The average molecular weight is 271 g/mol. The van der Waals surface area contributed by atoms with E-state index >= 15 is 0 Å². The van der Waals surface area contributed by atoms with Gasteiger partial charge >= 0.3 is 0 Å². The summed E-state index contributed by atoms with van der Waals surface area (Å²) in [6, 6.07) is 7.60. The monoisotopic (exact) mass is 271 g/mol. The zero-order valence-corrected chi connectivity index (χ0v) is 12.3. The molecule has 0 amide bonds. The fourth-order valence-electron chi connectivity index (χ4n) is 2.71. The van der Waals surface area contributed by atoms with Crippen LogP contribution in [0.2, 0.25) is 0 Å². The van der Waals surface area contributed by atoms with Crippen molar-refractivity contribution < 1.29 is 5.11 Å². The maximum absolute atomic E-state index is 9.57. The topological polar surface area (TPSA) is 46.2 Å². The second kappa shape index (κ2) is 7.47. The molecule has 0 bridgehead atoms. The van der Waals surface area contributed by atoms with Crippen LogP contribution in [0.15, 0.2) is 24.3 Å². The molecule has 2 atom stereocenters. The van der Waals surface area contributed by atoms with Crippen molar-refractivity contribution in [3.05, 3.63) is 35.4 Å². The summed E-state index contributed by atoms with van der Waals surface area (Å²) in [7, 11) is 0. The number of hydrogen-bond acceptors (Lipinski definition) is 2. The summed E-state index contributed by atoms with van der Waals surface area (Å²) in [6.07, 6.45) is 7.27. The third-order valence-electron chi connectivity index (χ3n) is 4.07. The zero-order valence-electron chi connectivity index (χ0n) is 12.3. The van der Waals surface area contributed by atoms with Gasteiger partial charge in [0.15, 0.2) is 0 Å². The highest BCUT2D eigenvalue weighted by atomic mass is 16.3. The first kappa shape index (κ1) is 15.1. The van der Waals surface area contributed by atoms with E-state index in [0.717, 1.165) is 11.1 Å². The van der Waals surface area contributed by atoms with E-state index in [0.29, 0.717) is 5.92 Å². The highest BCUT2D eigenvalue weighted by Crippen LogP contribution is 2.22. The molecule has 1 aromatic rings. The molecule has 108 valence electrons. The van der Waals surface area contributed by atoms with Crippen LogP contribution >= 0.6 is 0 Å². The smallest absolute Gasteiger partial charge is 0.0704 e. The van der Waals surface area contributed by atoms with Crippen molar-refractivity contribution in [1.82, 2.24) is 0 Å². The van der Waals surface area contributed by atoms with Crippen molar-refractivity contribution >= 4 is 0 Å². The molecule has 1 aromatic carbocycles. The molecule has 1 fully saturated rings. The summed E-state index contributed by atoms with van der Waals surface area (Å²) in [5.41, 5.74) is 7.92. The number of rotatable bonds is 2. The maximum atomic E-state index is 9.57. The first-order valence-electron chi connectivity index (χ1n) is 7.72. The quantitative estimate of drug-likeness (QED) is 0.640. The van der Waals surface area contributed by atoms with Crippen LogP contribution in [0.5, 0.6) is 0 Å². The van der Waals surface area contributed by atoms with Gasteiger partial charge in [0.05, 0.1) is 12.1 Å². The first-order chi connectivity index (χ1) is 9.66. The molecular formula is C18H25NO. The van der Waals surface area contributed by atoms with Crippen LogP contribution in [0.1, 0.15) is 62.6 Å². The number of hydrogen-bond donors (Lipinski definition) is 2. The number of benzene rings is 1. The zero-order chi connectivity index (χ0) is 14.4. The Hall–Kier alpha value is -1.30. The Labute approximate surface area is 122 Å². The Bertz CT molecular complexity index is 476. The van der Waals surface area contributed by atoms with E-state index in [9.17, 15) is 5.11 Å². The first-order valence-corrected chi connectivity index (χ1v) is 7.72. The Morgan fingerprint density at radius 1 is 1.20 bits per heavy atom. The van der Waals surface area contributed by atoms with Crippen molar-refractivity contribution in [2.24, 2.45) is 11.7 Å². The van der Waals surface area contributed by atoms with E-state index in [2.05, 4.69) is 11.8 Å². The van der Waals surface area contributed by atoms with E-state index in [1.165, 1.54) is 38.5 Å². The van der Waals surface area contributed by atoms with Gasteiger partial charge in [-0.3, -0.25) is 0 Å². The van der Waals surface area contributed by atoms with Crippen molar-refractivity contribution in [2.75, 3.05) is 0 Å². The Kier molecular flexibility index (Phi) is 5.64. The van der Waals surface area contributed by atoms with Crippen LogP contribution in [0.3, 0.4) is 0 Å². The summed E-state index contributed by atoms with van der Waals surface area (Å²) in [6.45, 7) is 1.72. The lowest BCUT2D eigenvalue weighted by atomic mass is 9.99. The summed E-state index contributed by atoms with van der Waals surface area (Å²) >= 11 is 0. The molecular weight excluding hydrogens is 246 g/mol. The van der Waals surface area contributed by atoms with Crippen LogP contribution in [-0.4, -0.2) is 11.2 Å². The van der Waals surface area contributed by atoms with E-state index in [-0.39, 0.29) is 6.04 Å². The normalized spacial score (nSPS) is 19.6. The maximum Gasteiger partial charge on any atom is 0.0704 e. The molecule has 0 saturated heterocycles. The van der Waals surface area contributed by atoms with Crippen LogP contribution in [0, 0.1) is 17.8 Å². The molecule has 2 nitrogen and oxygen atoms in total. The number of aliphatic hydroxyl groups excluding tert-OH is 1. The third-order valence-corrected chi connectivity index (χ3v) is 4.07. The molecule has 1 aliphatic carbocycles. The Balaban J connectivity index is 2.07. The molecule has 0 aromatic heterocycles. The minimum absolute atomic E-state index is 0.338. The van der Waals surface area contributed by atoms with E-state index in [4.69, 9.17) is 5.73 Å². The molecule has 0 heterocycles. The summed E-state index contributed by atoms with van der Waals surface area (Å²) < 4.78 is 0. The van der Waals surface area contributed by atoms with Crippen LogP contribution in [0.4, 0.5) is 0 Å². The van der Waals surface area contributed by atoms with E-state index in [1.807, 2.05) is 24.3 Å². The Morgan fingerprint density at radius 3 is 2.55 bits per heavy atom. The highest BCUT2D eigenvalue weighted by Gasteiger charge is 2.12. The largest absolute Gasteiger partial charge is 0.391 e. The average Bonchev–Trinajstić information content (AvgIpc) is 2.73. The van der Waals surface area contributed by atoms with E-state index < -0.39 is 6.10 Å². The van der Waals surface area contributed by atoms with Gasteiger partial charge in [-0.05, 0) is 37.5 Å². The minimum Gasteiger partial charge on any atom is -0.391 e. The minimum atomic E-state index is -0.542. The van der Waals surface area contributed by atoms with Gasteiger partial charge in [-0.25, -0.2) is 0 Å². The van der Waals surface area contributed by atoms with Gasteiger partial charge in [-0.15, -0.1) is 0 Å². The molecule has 0 radical (unpaired) electrons. The Morgan fingerprint density at radius 2 is 1.90 bits per heavy atom. The number of nitrogens with two attached hydrogens (primary N) is 1. The van der Waals surface area contributed by atoms with Gasteiger partial charge in [-0.1, -0.05) is 49.7 Å². The molecule has 1 aliphatic rings. The van der Waals surface area contributed by atoms with Gasteiger partial charge in [0.2, 0.25) is 0 Å². The van der Waals surface area contributed by atoms with Gasteiger partial charge < -0.3 is 10.8 Å². The molecule has 0 aliphatic heterocycles. The fraction of sp³-hybridized carbons (Fsp3) is 0.556.